The molecule has 1 aliphatic carbocycles. The number of benzene rings is 2. The largest absolute Gasteiger partial charge is 0.398 e. The number of hydrogen-bond acceptors (Lipinski definition) is 6. The highest BCUT2D eigenvalue weighted by Gasteiger charge is 2.21. The van der Waals surface area contributed by atoms with Gasteiger partial charge in [0.25, 0.3) is 0 Å². The second-order valence-corrected chi connectivity index (χ2v) is 9.58. The average Bonchev–Trinajstić information content (AvgIpc) is 3.35. The van der Waals surface area contributed by atoms with Crippen LogP contribution in [0.25, 0.3) is 0 Å². The molecular formula is C28H33N5O. The van der Waals surface area contributed by atoms with Crippen LogP contribution in [-0.4, -0.2) is 33.7 Å². The number of anilines is 3. The Morgan fingerprint density at radius 3 is 2.62 bits per heavy atom. The van der Waals surface area contributed by atoms with Crippen molar-refractivity contribution in [3.8, 4) is 0 Å². The van der Waals surface area contributed by atoms with Gasteiger partial charge in [-0.1, -0.05) is 18.2 Å². The van der Waals surface area contributed by atoms with Gasteiger partial charge in [0.2, 0.25) is 0 Å². The topological polar surface area (TPSA) is 84.1 Å². The first kappa shape index (κ1) is 22.5. The Labute approximate surface area is 201 Å². The molecule has 2 aliphatic rings. The number of fused-ring (bicyclic) bond motifs is 1. The van der Waals surface area contributed by atoms with Gasteiger partial charge in [0, 0.05) is 41.2 Å². The second-order valence-electron chi connectivity index (χ2n) is 9.58. The van der Waals surface area contributed by atoms with E-state index in [2.05, 4.69) is 32.3 Å². The molecule has 1 aromatic heterocycles. The van der Waals surface area contributed by atoms with Crippen LogP contribution < -0.4 is 11.1 Å². The highest BCUT2D eigenvalue weighted by atomic mass is 16.1. The third-order valence-electron chi connectivity index (χ3n) is 7.28. The number of para-hydroxylation sites is 1. The molecule has 6 nitrogen and oxygen atoms in total. The molecule has 3 aromatic rings. The van der Waals surface area contributed by atoms with Crippen molar-refractivity contribution >= 4 is 23.0 Å². The molecule has 34 heavy (non-hydrogen) atoms. The molecule has 6 heteroatoms. The number of nitrogen functional groups attached to an aromatic ring is 1. The number of aromatic nitrogens is 2. The van der Waals surface area contributed by atoms with Gasteiger partial charge >= 0.3 is 0 Å². The molecule has 5 rings (SSSR count). The van der Waals surface area contributed by atoms with Crippen molar-refractivity contribution in [2.75, 3.05) is 24.1 Å². The Balaban J connectivity index is 1.08. The van der Waals surface area contributed by atoms with E-state index in [4.69, 9.17) is 5.73 Å². The number of hydrogen-bond donors (Lipinski definition) is 2. The van der Waals surface area contributed by atoms with E-state index < -0.39 is 0 Å². The molecule has 0 amide bonds. The number of Topliss-reactive ketones (excluding diaryl/α,β-unsaturated/α-hetero) is 1. The summed E-state index contributed by atoms with van der Waals surface area (Å²) < 4.78 is 0. The molecule has 0 saturated carbocycles. The summed E-state index contributed by atoms with van der Waals surface area (Å²) in [6, 6.07) is 15.9. The minimum absolute atomic E-state index is 0.231. The van der Waals surface area contributed by atoms with Gasteiger partial charge in [-0.15, -0.1) is 0 Å². The van der Waals surface area contributed by atoms with E-state index in [9.17, 15) is 4.79 Å². The Bertz CT molecular complexity index is 1140. The van der Waals surface area contributed by atoms with E-state index in [1.165, 1.54) is 11.1 Å². The van der Waals surface area contributed by atoms with Gasteiger partial charge in [-0.2, -0.15) is 0 Å². The zero-order valence-electron chi connectivity index (χ0n) is 19.7. The quantitative estimate of drug-likeness (QED) is 0.360. The van der Waals surface area contributed by atoms with Crippen molar-refractivity contribution in [1.29, 1.82) is 0 Å². The van der Waals surface area contributed by atoms with Crippen LogP contribution in [0.4, 0.5) is 17.2 Å². The van der Waals surface area contributed by atoms with Crippen LogP contribution in [-0.2, 0) is 19.4 Å². The molecule has 176 valence electrons. The van der Waals surface area contributed by atoms with E-state index in [0.717, 1.165) is 86.6 Å². The average molecular weight is 456 g/mol. The summed E-state index contributed by atoms with van der Waals surface area (Å²) in [6.45, 7) is 3.05. The lowest BCUT2D eigenvalue weighted by molar-refractivity contribution is 0.0961. The van der Waals surface area contributed by atoms with Crippen molar-refractivity contribution in [1.82, 2.24) is 14.9 Å². The van der Waals surface area contributed by atoms with Crippen LogP contribution in [0.3, 0.4) is 0 Å². The number of ketones is 1. The molecule has 0 radical (unpaired) electrons. The van der Waals surface area contributed by atoms with Crippen LogP contribution in [0.1, 0.15) is 59.3 Å². The zero-order valence-corrected chi connectivity index (χ0v) is 19.7. The minimum Gasteiger partial charge on any atom is -0.398 e. The smallest absolute Gasteiger partial charge is 0.162 e. The number of piperidine rings is 1. The first-order chi connectivity index (χ1) is 16.7. The third kappa shape index (κ3) is 5.28. The summed E-state index contributed by atoms with van der Waals surface area (Å²) in [5, 5.41) is 3.40. The highest BCUT2D eigenvalue weighted by molar-refractivity contribution is 5.96. The SMILES string of the molecule is Nc1ccccc1CN1CCC(CCC(=O)c2ccc(Nc3ncnc4c3CCC4)cc2)CC1. The maximum absolute atomic E-state index is 12.8. The monoisotopic (exact) mass is 455 g/mol. The minimum atomic E-state index is 0.231. The number of likely N-dealkylation sites (tertiary alicyclic amines) is 1. The number of carbonyl (C=O) groups excluding carboxylic acids is 1. The predicted octanol–water partition coefficient (Wildman–Crippen LogP) is 5.17. The summed E-state index contributed by atoms with van der Waals surface area (Å²) in [4.78, 5) is 24.1. The molecule has 0 unspecified atom stereocenters. The lowest BCUT2D eigenvalue weighted by Gasteiger charge is -2.32. The number of nitrogens with zero attached hydrogens (tertiary/aromatic N) is 3. The lowest BCUT2D eigenvalue weighted by Crippen LogP contribution is -2.33. The van der Waals surface area contributed by atoms with Crippen molar-refractivity contribution in [3.05, 3.63) is 77.2 Å². The number of rotatable bonds is 8. The molecule has 2 aromatic carbocycles. The van der Waals surface area contributed by atoms with Crippen molar-refractivity contribution in [2.45, 2.75) is 51.5 Å². The summed E-state index contributed by atoms with van der Waals surface area (Å²) >= 11 is 0. The van der Waals surface area contributed by atoms with Gasteiger partial charge < -0.3 is 11.1 Å². The van der Waals surface area contributed by atoms with Gasteiger partial charge in [0.15, 0.2) is 5.78 Å². The van der Waals surface area contributed by atoms with Crippen LogP contribution in [0, 0.1) is 5.92 Å². The number of aryl methyl sites for hydroxylation is 1. The third-order valence-corrected chi connectivity index (χ3v) is 7.28. The van der Waals surface area contributed by atoms with Crippen molar-refractivity contribution in [2.24, 2.45) is 5.92 Å². The van der Waals surface area contributed by atoms with Gasteiger partial charge in [0.05, 0.1) is 0 Å². The van der Waals surface area contributed by atoms with Gasteiger partial charge in [-0.05, 0) is 93.4 Å². The molecule has 0 bridgehead atoms. The first-order valence-electron chi connectivity index (χ1n) is 12.4. The van der Waals surface area contributed by atoms with E-state index in [-0.39, 0.29) is 5.78 Å². The predicted molar refractivity (Wildman–Crippen MR) is 136 cm³/mol. The fourth-order valence-electron chi connectivity index (χ4n) is 5.18. The maximum Gasteiger partial charge on any atom is 0.162 e. The van der Waals surface area contributed by atoms with Crippen LogP contribution in [0.5, 0.6) is 0 Å². The van der Waals surface area contributed by atoms with E-state index in [1.807, 2.05) is 36.4 Å². The van der Waals surface area contributed by atoms with Crippen LogP contribution in [0.2, 0.25) is 0 Å². The molecule has 1 aliphatic heterocycles. The fraction of sp³-hybridized carbons (Fsp3) is 0.393. The standard InChI is InChI=1S/C28H33N5O/c29-25-6-2-1-4-22(25)18-33-16-14-20(15-17-33)8-13-27(34)21-9-11-23(12-10-21)32-28-24-5-3-7-26(24)30-19-31-28/h1-2,4,6,9-12,19-20H,3,5,7-8,13-18,29H2,(H,30,31,32). The van der Waals surface area contributed by atoms with Crippen LogP contribution >= 0.6 is 0 Å². The number of nitrogens with one attached hydrogen (secondary N) is 1. The molecule has 2 heterocycles. The first-order valence-corrected chi connectivity index (χ1v) is 12.4. The molecule has 0 atom stereocenters. The lowest BCUT2D eigenvalue weighted by atomic mass is 9.90. The van der Waals surface area contributed by atoms with E-state index in [0.29, 0.717) is 12.3 Å². The van der Waals surface area contributed by atoms with Crippen molar-refractivity contribution in [3.63, 3.8) is 0 Å². The molecule has 0 spiro atoms. The Morgan fingerprint density at radius 2 is 1.82 bits per heavy atom. The van der Waals surface area contributed by atoms with Gasteiger partial charge in [-0.25, -0.2) is 9.97 Å². The summed E-state index contributed by atoms with van der Waals surface area (Å²) in [5.74, 6) is 1.74. The van der Waals surface area contributed by atoms with Crippen molar-refractivity contribution < 1.29 is 4.79 Å². The zero-order chi connectivity index (χ0) is 23.3. The second kappa shape index (κ2) is 10.3. The highest BCUT2D eigenvalue weighted by Crippen LogP contribution is 2.28. The normalized spacial score (nSPS) is 16.4. The summed E-state index contributed by atoms with van der Waals surface area (Å²) in [5.41, 5.74) is 12.3. The Hall–Kier alpha value is -3.25. The Morgan fingerprint density at radius 1 is 1.03 bits per heavy atom. The maximum atomic E-state index is 12.8. The van der Waals surface area contributed by atoms with E-state index >= 15 is 0 Å². The van der Waals surface area contributed by atoms with Gasteiger partial charge in [-0.3, -0.25) is 9.69 Å². The molecule has 3 N–H and O–H groups in total. The van der Waals surface area contributed by atoms with E-state index in [1.54, 1.807) is 6.33 Å². The number of carbonyl (C=O) groups is 1. The summed E-state index contributed by atoms with van der Waals surface area (Å²) in [6.07, 6.45) is 8.69. The molecular weight excluding hydrogens is 422 g/mol. The molecule has 1 fully saturated rings. The number of nitrogens with two attached hydrogens (primary N) is 1. The Kier molecular flexibility index (Phi) is 6.86. The summed E-state index contributed by atoms with van der Waals surface area (Å²) in [7, 11) is 0. The fourth-order valence-corrected chi connectivity index (χ4v) is 5.18. The molecule has 1 saturated heterocycles. The van der Waals surface area contributed by atoms with Gasteiger partial charge in [0.1, 0.15) is 12.1 Å². The van der Waals surface area contributed by atoms with Crippen LogP contribution in [0.15, 0.2) is 54.9 Å².